The number of aromatic nitrogens is 4. The Balaban J connectivity index is 1.44. The van der Waals surface area contributed by atoms with E-state index in [0.29, 0.717) is 13.0 Å². The summed E-state index contributed by atoms with van der Waals surface area (Å²) < 4.78 is 4.88. The Bertz CT molecular complexity index is 701. The molecular weight excluding hydrogens is 419 g/mol. The standard InChI is InChI=1S/C16H23IN6O/c1-13-15(17)10-19-23(13)4-3-16(24)22-7-5-21(6-8-22)12-14-9-18-20(2)11-14/h9-11H,3-8,12H2,1-2H3. The van der Waals surface area contributed by atoms with Crippen LogP contribution in [0, 0.1) is 10.5 Å². The lowest BCUT2D eigenvalue weighted by molar-refractivity contribution is -0.133. The number of amides is 1. The van der Waals surface area contributed by atoms with Gasteiger partial charge in [0.15, 0.2) is 0 Å². The molecule has 0 aliphatic carbocycles. The normalized spacial score (nSPS) is 15.9. The van der Waals surface area contributed by atoms with Gasteiger partial charge in [0, 0.05) is 70.2 Å². The molecule has 0 radical (unpaired) electrons. The summed E-state index contributed by atoms with van der Waals surface area (Å²) in [6.07, 6.45) is 6.31. The molecule has 1 amide bonds. The number of rotatable bonds is 5. The minimum atomic E-state index is 0.223. The summed E-state index contributed by atoms with van der Waals surface area (Å²) >= 11 is 2.27. The molecule has 1 fully saturated rings. The van der Waals surface area contributed by atoms with Crippen molar-refractivity contribution >= 4 is 28.5 Å². The van der Waals surface area contributed by atoms with Gasteiger partial charge in [-0.05, 0) is 29.5 Å². The Morgan fingerprint density at radius 1 is 1.21 bits per heavy atom. The van der Waals surface area contributed by atoms with Crippen molar-refractivity contribution in [3.63, 3.8) is 0 Å². The molecule has 0 unspecified atom stereocenters. The van der Waals surface area contributed by atoms with Crippen LogP contribution in [0.3, 0.4) is 0 Å². The highest BCUT2D eigenvalue weighted by Gasteiger charge is 2.21. The van der Waals surface area contributed by atoms with Crippen LogP contribution in [0.1, 0.15) is 17.7 Å². The third kappa shape index (κ3) is 4.15. The van der Waals surface area contributed by atoms with Crippen molar-refractivity contribution in [1.82, 2.24) is 29.4 Å². The molecule has 8 heteroatoms. The first kappa shape index (κ1) is 17.4. The van der Waals surface area contributed by atoms with Crippen molar-refractivity contribution < 1.29 is 4.79 Å². The number of hydrogen-bond donors (Lipinski definition) is 0. The Hall–Kier alpha value is -1.42. The second kappa shape index (κ2) is 7.64. The zero-order valence-electron chi connectivity index (χ0n) is 14.2. The fourth-order valence-electron chi connectivity index (χ4n) is 2.98. The molecule has 0 spiro atoms. The summed E-state index contributed by atoms with van der Waals surface area (Å²) in [6, 6.07) is 0. The Labute approximate surface area is 155 Å². The maximum atomic E-state index is 12.4. The smallest absolute Gasteiger partial charge is 0.224 e. The first-order valence-electron chi connectivity index (χ1n) is 8.18. The quantitative estimate of drug-likeness (QED) is 0.655. The van der Waals surface area contributed by atoms with Crippen LogP contribution in [0.25, 0.3) is 0 Å². The van der Waals surface area contributed by atoms with Gasteiger partial charge in [0.1, 0.15) is 0 Å². The average Bonchev–Trinajstić information content (AvgIpc) is 3.12. The largest absolute Gasteiger partial charge is 0.340 e. The van der Waals surface area contributed by atoms with E-state index in [1.807, 2.05) is 46.8 Å². The van der Waals surface area contributed by atoms with E-state index in [9.17, 15) is 4.79 Å². The fraction of sp³-hybridized carbons (Fsp3) is 0.562. The molecule has 0 N–H and O–H groups in total. The van der Waals surface area contributed by atoms with E-state index in [0.717, 1.165) is 42.0 Å². The third-order valence-electron chi connectivity index (χ3n) is 4.47. The molecule has 0 saturated carbocycles. The summed E-state index contributed by atoms with van der Waals surface area (Å²) in [5, 5.41) is 8.52. The Morgan fingerprint density at radius 2 is 1.96 bits per heavy atom. The van der Waals surface area contributed by atoms with Crippen molar-refractivity contribution in [3.8, 4) is 0 Å². The Kier molecular flexibility index (Phi) is 5.54. The molecule has 3 heterocycles. The topological polar surface area (TPSA) is 59.2 Å². The van der Waals surface area contributed by atoms with Crippen molar-refractivity contribution in [1.29, 1.82) is 0 Å². The summed E-state index contributed by atoms with van der Waals surface area (Å²) in [5.74, 6) is 0.223. The summed E-state index contributed by atoms with van der Waals surface area (Å²) in [7, 11) is 1.93. The van der Waals surface area contributed by atoms with E-state index in [-0.39, 0.29) is 5.91 Å². The summed E-state index contributed by atoms with van der Waals surface area (Å²) in [6.45, 7) is 7.03. The van der Waals surface area contributed by atoms with E-state index in [4.69, 9.17) is 0 Å². The zero-order chi connectivity index (χ0) is 17.1. The van der Waals surface area contributed by atoms with Crippen LogP contribution in [0.4, 0.5) is 0 Å². The van der Waals surface area contributed by atoms with Crippen molar-refractivity contribution in [2.45, 2.75) is 26.4 Å². The predicted octanol–water partition coefficient (Wildman–Crippen LogP) is 1.26. The lowest BCUT2D eigenvalue weighted by Crippen LogP contribution is -2.48. The summed E-state index contributed by atoms with van der Waals surface area (Å²) in [5.41, 5.74) is 2.35. The first-order chi connectivity index (χ1) is 11.5. The molecule has 7 nitrogen and oxygen atoms in total. The van der Waals surface area contributed by atoms with Gasteiger partial charge in [-0.25, -0.2) is 0 Å². The maximum absolute atomic E-state index is 12.4. The number of halogens is 1. The Morgan fingerprint density at radius 3 is 2.54 bits per heavy atom. The molecule has 3 rings (SSSR count). The minimum Gasteiger partial charge on any atom is -0.340 e. The van der Waals surface area contributed by atoms with E-state index in [1.54, 1.807) is 0 Å². The molecule has 1 aliphatic rings. The van der Waals surface area contributed by atoms with E-state index in [2.05, 4.69) is 37.7 Å². The van der Waals surface area contributed by atoms with Gasteiger partial charge in [0.05, 0.1) is 16.0 Å². The van der Waals surface area contributed by atoms with Crippen LogP contribution < -0.4 is 0 Å². The number of piperazine rings is 1. The maximum Gasteiger partial charge on any atom is 0.224 e. The van der Waals surface area contributed by atoms with Gasteiger partial charge in [0.2, 0.25) is 5.91 Å². The molecule has 2 aromatic heterocycles. The van der Waals surface area contributed by atoms with Crippen LogP contribution in [0.2, 0.25) is 0 Å². The second-order valence-corrected chi connectivity index (χ2v) is 7.39. The van der Waals surface area contributed by atoms with Gasteiger partial charge in [-0.1, -0.05) is 0 Å². The molecule has 1 aliphatic heterocycles. The van der Waals surface area contributed by atoms with E-state index in [1.165, 1.54) is 5.56 Å². The minimum absolute atomic E-state index is 0.223. The van der Waals surface area contributed by atoms with Crippen LogP contribution in [0.15, 0.2) is 18.6 Å². The van der Waals surface area contributed by atoms with Crippen LogP contribution in [-0.4, -0.2) is 61.4 Å². The lowest BCUT2D eigenvalue weighted by atomic mass is 10.2. The van der Waals surface area contributed by atoms with Crippen molar-refractivity contribution in [3.05, 3.63) is 33.4 Å². The van der Waals surface area contributed by atoms with Gasteiger partial charge < -0.3 is 4.90 Å². The number of aryl methyl sites for hydroxylation is 2. The van der Waals surface area contributed by atoms with Gasteiger partial charge in [-0.2, -0.15) is 10.2 Å². The highest BCUT2D eigenvalue weighted by Crippen LogP contribution is 2.12. The van der Waals surface area contributed by atoms with Gasteiger partial charge >= 0.3 is 0 Å². The average molecular weight is 442 g/mol. The third-order valence-corrected chi connectivity index (χ3v) is 5.53. The molecule has 2 aromatic rings. The SMILES string of the molecule is Cc1c(I)cnn1CCC(=O)N1CCN(Cc2cnn(C)c2)CC1. The first-order valence-corrected chi connectivity index (χ1v) is 9.26. The molecule has 0 aromatic carbocycles. The molecule has 0 atom stereocenters. The summed E-state index contributed by atoms with van der Waals surface area (Å²) in [4.78, 5) is 16.8. The number of nitrogens with zero attached hydrogens (tertiary/aromatic N) is 6. The van der Waals surface area contributed by atoms with Crippen LogP contribution >= 0.6 is 22.6 Å². The number of carbonyl (C=O) groups is 1. The van der Waals surface area contributed by atoms with Crippen molar-refractivity contribution in [2.75, 3.05) is 26.2 Å². The zero-order valence-corrected chi connectivity index (χ0v) is 16.3. The molecule has 0 bridgehead atoms. The van der Waals surface area contributed by atoms with Gasteiger partial charge in [0.25, 0.3) is 0 Å². The van der Waals surface area contributed by atoms with Crippen LogP contribution in [-0.2, 0) is 24.9 Å². The molecular formula is C16H23IN6O. The second-order valence-electron chi connectivity index (χ2n) is 6.23. The van der Waals surface area contributed by atoms with Gasteiger partial charge in [-0.15, -0.1) is 0 Å². The highest BCUT2D eigenvalue weighted by molar-refractivity contribution is 14.1. The van der Waals surface area contributed by atoms with Crippen molar-refractivity contribution in [2.24, 2.45) is 7.05 Å². The highest BCUT2D eigenvalue weighted by atomic mass is 127. The molecule has 24 heavy (non-hydrogen) atoms. The van der Waals surface area contributed by atoms with E-state index >= 15 is 0 Å². The van der Waals surface area contributed by atoms with Gasteiger partial charge in [-0.3, -0.25) is 19.1 Å². The molecule has 130 valence electrons. The fourth-order valence-corrected chi connectivity index (χ4v) is 3.38. The van der Waals surface area contributed by atoms with E-state index < -0.39 is 0 Å². The predicted molar refractivity (Wildman–Crippen MR) is 99.4 cm³/mol. The lowest BCUT2D eigenvalue weighted by Gasteiger charge is -2.34. The number of carbonyl (C=O) groups excluding carboxylic acids is 1. The van der Waals surface area contributed by atoms with Crippen LogP contribution in [0.5, 0.6) is 0 Å². The monoisotopic (exact) mass is 442 g/mol. The number of hydrogen-bond acceptors (Lipinski definition) is 4. The molecule has 1 saturated heterocycles.